The minimum absolute atomic E-state index is 0.251. The standard InChI is InChI=1S/C16H21NO5/c1-5-11(10-6-7-12(18)13(19)8-10)14(16(21)22-4)17-15(20)9(2)3/h6-8,11,14,18-19H,2,5H2,1,3-4H3,(H,17,20). The highest BCUT2D eigenvalue weighted by Gasteiger charge is 2.31. The van der Waals surface area contributed by atoms with Crippen LogP contribution in [0.1, 0.15) is 31.7 Å². The van der Waals surface area contributed by atoms with Crippen LogP contribution in [0.15, 0.2) is 30.4 Å². The van der Waals surface area contributed by atoms with E-state index in [2.05, 4.69) is 11.9 Å². The van der Waals surface area contributed by atoms with Gasteiger partial charge in [-0.25, -0.2) is 4.79 Å². The summed E-state index contributed by atoms with van der Waals surface area (Å²) in [4.78, 5) is 23.9. The fraction of sp³-hybridized carbons (Fsp3) is 0.375. The van der Waals surface area contributed by atoms with Gasteiger partial charge in [-0.15, -0.1) is 0 Å². The summed E-state index contributed by atoms with van der Waals surface area (Å²) < 4.78 is 4.76. The van der Waals surface area contributed by atoms with Gasteiger partial charge in [-0.1, -0.05) is 19.6 Å². The van der Waals surface area contributed by atoms with Crippen molar-refractivity contribution in [3.63, 3.8) is 0 Å². The molecule has 0 fully saturated rings. The van der Waals surface area contributed by atoms with Crippen LogP contribution in [-0.2, 0) is 14.3 Å². The van der Waals surface area contributed by atoms with E-state index < -0.39 is 23.8 Å². The minimum atomic E-state index is -0.914. The van der Waals surface area contributed by atoms with Gasteiger partial charge < -0.3 is 20.3 Å². The van der Waals surface area contributed by atoms with Crippen molar-refractivity contribution in [1.29, 1.82) is 0 Å². The molecule has 0 saturated heterocycles. The molecule has 0 bridgehead atoms. The predicted octanol–water partition coefficient (Wildman–Crippen LogP) is 1.83. The van der Waals surface area contributed by atoms with E-state index >= 15 is 0 Å². The Hall–Kier alpha value is -2.50. The Kier molecular flexibility index (Phi) is 5.98. The SMILES string of the molecule is C=C(C)C(=O)NC(C(=O)OC)C(CC)c1ccc(O)c(O)c1. The molecule has 22 heavy (non-hydrogen) atoms. The summed E-state index contributed by atoms with van der Waals surface area (Å²) in [5.41, 5.74) is 0.882. The number of benzene rings is 1. The molecule has 2 atom stereocenters. The highest BCUT2D eigenvalue weighted by Crippen LogP contribution is 2.32. The quantitative estimate of drug-likeness (QED) is 0.423. The lowest BCUT2D eigenvalue weighted by atomic mass is 9.88. The van der Waals surface area contributed by atoms with Gasteiger partial charge in [0.2, 0.25) is 5.91 Å². The van der Waals surface area contributed by atoms with E-state index in [1.165, 1.54) is 26.2 Å². The highest BCUT2D eigenvalue weighted by atomic mass is 16.5. The van der Waals surface area contributed by atoms with Crippen LogP contribution in [0.4, 0.5) is 0 Å². The first-order chi connectivity index (χ1) is 10.3. The van der Waals surface area contributed by atoms with E-state index in [-0.39, 0.29) is 17.1 Å². The average molecular weight is 307 g/mol. The Labute approximate surface area is 129 Å². The first-order valence-electron chi connectivity index (χ1n) is 6.87. The lowest BCUT2D eigenvalue weighted by molar-refractivity contribution is -0.145. The molecule has 0 aliphatic carbocycles. The summed E-state index contributed by atoms with van der Waals surface area (Å²) in [5, 5.41) is 21.6. The van der Waals surface area contributed by atoms with Crippen molar-refractivity contribution in [1.82, 2.24) is 5.32 Å². The van der Waals surface area contributed by atoms with Gasteiger partial charge in [0.15, 0.2) is 11.5 Å². The number of rotatable bonds is 6. The molecule has 3 N–H and O–H groups in total. The molecular weight excluding hydrogens is 286 g/mol. The van der Waals surface area contributed by atoms with Crippen LogP contribution in [0.25, 0.3) is 0 Å². The number of carbonyl (C=O) groups excluding carboxylic acids is 2. The molecular formula is C16H21NO5. The van der Waals surface area contributed by atoms with Crippen LogP contribution in [0.5, 0.6) is 11.5 Å². The number of phenolic OH excluding ortho intramolecular Hbond substituents is 2. The van der Waals surface area contributed by atoms with Gasteiger partial charge in [0, 0.05) is 11.5 Å². The summed E-state index contributed by atoms with van der Waals surface area (Å²) in [7, 11) is 1.24. The fourth-order valence-corrected chi connectivity index (χ4v) is 2.15. The number of nitrogens with one attached hydrogen (secondary N) is 1. The number of phenols is 2. The Morgan fingerprint density at radius 3 is 2.41 bits per heavy atom. The number of aromatic hydroxyl groups is 2. The van der Waals surface area contributed by atoms with Crippen molar-refractivity contribution >= 4 is 11.9 Å². The number of esters is 1. The minimum Gasteiger partial charge on any atom is -0.504 e. The van der Waals surface area contributed by atoms with E-state index in [0.29, 0.717) is 12.0 Å². The number of hydrogen-bond acceptors (Lipinski definition) is 5. The fourth-order valence-electron chi connectivity index (χ4n) is 2.15. The number of hydrogen-bond donors (Lipinski definition) is 3. The summed E-state index contributed by atoms with van der Waals surface area (Å²) in [5.74, 6) is -1.99. The molecule has 1 amide bonds. The van der Waals surface area contributed by atoms with Crippen LogP contribution < -0.4 is 5.32 Å². The lowest BCUT2D eigenvalue weighted by Crippen LogP contribution is -2.45. The molecule has 0 heterocycles. The van der Waals surface area contributed by atoms with E-state index in [1.54, 1.807) is 6.07 Å². The topological polar surface area (TPSA) is 95.9 Å². The Morgan fingerprint density at radius 1 is 1.32 bits per heavy atom. The first-order valence-corrected chi connectivity index (χ1v) is 6.87. The van der Waals surface area contributed by atoms with Gasteiger partial charge in [0.25, 0.3) is 0 Å². The maximum absolute atomic E-state index is 12.0. The zero-order valence-corrected chi connectivity index (χ0v) is 12.9. The Morgan fingerprint density at radius 2 is 1.95 bits per heavy atom. The average Bonchev–Trinajstić information content (AvgIpc) is 2.49. The number of amides is 1. The molecule has 1 aromatic rings. The Bertz CT molecular complexity index is 582. The van der Waals surface area contributed by atoms with Crippen molar-refractivity contribution in [3.05, 3.63) is 35.9 Å². The number of ether oxygens (including phenoxy) is 1. The summed E-state index contributed by atoms with van der Waals surface area (Å²) in [6, 6.07) is 3.38. The highest BCUT2D eigenvalue weighted by molar-refractivity contribution is 5.95. The second-order valence-corrected chi connectivity index (χ2v) is 5.02. The van der Waals surface area contributed by atoms with Crippen molar-refractivity contribution < 1.29 is 24.5 Å². The molecule has 0 aliphatic rings. The normalized spacial score (nSPS) is 13.0. The van der Waals surface area contributed by atoms with Crippen molar-refractivity contribution in [2.45, 2.75) is 32.2 Å². The molecule has 1 aromatic carbocycles. The van der Waals surface area contributed by atoms with E-state index in [1.807, 2.05) is 6.92 Å². The summed E-state index contributed by atoms with van der Waals surface area (Å²) in [6.07, 6.45) is 0.514. The smallest absolute Gasteiger partial charge is 0.329 e. The third-order valence-electron chi connectivity index (χ3n) is 3.40. The number of carbonyl (C=O) groups is 2. The second-order valence-electron chi connectivity index (χ2n) is 5.02. The molecule has 0 aliphatic heterocycles. The summed E-state index contributed by atoms with van der Waals surface area (Å²) in [6.45, 7) is 6.92. The second kappa shape index (κ2) is 7.49. The molecule has 6 heteroatoms. The maximum Gasteiger partial charge on any atom is 0.329 e. The molecule has 6 nitrogen and oxygen atoms in total. The molecule has 0 radical (unpaired) electrons. The lowest BCUT2D eigenvalue weighted by Gasteiger charge is -2.25. The molecule has 1 rings (SSSR count). The molecule has 0 saturated carbocycles. The largest absolute Gasteiger partial charge is 0.504 e. The monoisotopic (exact) mass is 307 g/mol. The van der Waals surface area contributed by atoms with E-state index in [0.717, 1.165) is 0 Å². The first kappa shape index (κ1) is 17.6. The summed E-state index contributed by atoms with van der Waals surface area (Å²) >= 11 is 0. The molecule has 0 aromatic heterocycles. The van der Waals surface area contributed by atoms with Gasteiger partial charge in [-0.3, -0.25) is 4.79 Å². The van der Waals surface area contributed by atoms with Crippen LogP contribution >= 0.6 is 0 Å². The third-order valence-corrected chi connectivity index (χ3v) is 3.40. The predicted molar refractivity (Wildman–Crippen MR) is 81.6 cm³/mol. The molecule has 120 valence electrons. The third kappa shape index (κ3) is 4.00. The van der Waals surface area contributed by atoms with Gasteiger partial charge in [-0.05, 0) is 31.0 Å². The van der Waals surface area contributed by atoms with E-state index in [4.69, 9.17) is 4.74 Å². The van der Waals surface area contributed by atoms with E-state index in [9.17, 15) is 19.8 Å². The van der Waals surface area contributed by atoms with Crippen LogP contribution in [0.3, 0.4) is 0 Å². The van der Waals surface area contributed by atoms with Crippen molar-refractivity contribution in [2.24, 2.45) is 0 Å². The number of methoxy groups -OCH3 is 1. The zero-order chi connectivity index (χ0) is 16.9. The maximum atomic E-state index is 12.0. The molecule has 0 spiro atoms. The van der Waals surface area contributed by atoms with Crippen LogP contribution in [-0.4, -0.2) is 35.2 Å². The van der Waals surface area contributed by atoms with Gasteiger partial charge in [0.1, 0.15) is 6.04 Å². The van der Waals surface area contributed by atoms with Gasteiger partial charge in [0.05, 0.1) is 7.11 Å². The molecule has 2 unspecified atom stereocenters. The van der Waals surface area contributed by atoms with Gasteiger partial charge in [-0.2, -0.15) is 0 Å². The van der Waals surface area contributed by atoms with Crippen LogP contribution in [0.2, 0.25) is 0 Å². The van der Waals surface area contributed by atoms with Gasteiger partial charge >= 0.3 is 5.97 Å². The van der Waals surface area contributed by atoms with Crippen molar-refractivity contribution in [3.8, 4) is 11.5 Å². The van der Waals surface area contributed by atoms with Crippen molar-refractivity contribution in [2.75, 3.05) is 7.11 Å². The zero-order valence-electron chi connectivity index (χ0n) is 12.9. The van der Waals surface area contributed by atoms with Crippen LogP contribution in [0, 0.1) is 0 Å². The Balaban J connectivity index is 3.17.